The first-order valence-corrected chi connectivity index (χ1v) is 12.3. The molecule has 2 atom stereocenters. The number of azide groups is 1. The number of aliphatic hydroxyl groups excluding tert-OH is 1. The molecule has 2 aliphatic carbocycles. The summed E-state index contributed by atoms with van der Waals surface area (Å²) < 4.78 is 67.6. The zero-order valence-corrected chi connectivity index (χ0v) is 19.0. The molecule has 0 radical (unpaired) electrons. The van der Waals surface area contributed by atoms with E-state index < -0.39 is 67.4 Å². The average Bonchev–Trinajstić information content (AvgIpc) is 3.11. The fraction of sp³-hybridized carbons (Fsp3) is 0.409. The number of nitrogens with zero attached hydrogens (tertiary/aromatic N) is 3. The molecule has 2 fully saturated rings. The van der Waals surface area contributed by atoms with Crippen molar-refractivity contribution in [3.05, 3.63) is 63.8 Å². The van der Waals surface area contributed by atoms with Gasteiger partial charge in [0.1, 0.15) is 0 Å². The average molecular weight is 510 g/mol. The Balaban J connectivity index is 1.70. The largest absolute Gasteiger partial charge is 0.393 e. The van der Waals surface area contributed by atoms with Crippen LogP contribution in [0.15, 0.2) is 40.3 Å². The van der Waals surface area contributed by atoms with Crippen molar-refractivity contribution < 1.29 is 36.6 Å². The molecule has 2 aliphatic rings. The van der Waals surface area contributed by atoms with Crippen LogP contribution in [-0.2, 0) is 9.84 Å². The molecule has 0 aliphatic heterocycles. The first-order chi connectivity index (χ1) is 16.5. The molecule has 186 valence electrons. The van der Waals surface area contributed by atoms with Gasteiger partial charge in [0, 0.05) is 28.3 Å². The summed E-state index contributed by atoms with van der Waals surface area (Å²) in [6, 6.07) is 4.47. The van der Waals surface area contributed by atoms with Crippen molar-refractivity contribution in [2.75, 3.05) is 11.9 Å². The lowest BCUT2D eigenvalue weighted by Crippen LogP contribution is -2.48. The second kappa shape index (κ2) is 9.15. The van der Waals surface area contributed by atoms with Crippen LogP contribution in [0.3, 0.4) is 0 Å². The summed E-state index contributed by atoms with van der Waals surface area (Å²) in [7, 11) is -4.16. The lowest BCUT2D eigenvalue weighted by molar-refractivity contribution is -0.0597. The van der Waals surface area contributed by atoms with E-state index in [1.165, 1.54) is 6.07 Å². The van der Waals surface area contributed by atoms with Crippen LogP contribution < -0.4 is 5.32 Å². The lowest BCUT2D eigenvalue weighted by Gasteiger charge is -2.39. The second-order valence-corrected chi connectivity index (χ2v) is 11.1. The summed E-state index contributed by atoms with van der Waals surface area (Å²) >= 11 is 0. The van der Waals surface area contributed by atoms with Crippen molar-refractivity contribution in [3.8, 4) is 0 Å². The number of halogens is 3. The summed E-state index contributed by atoms with van der Waals surface area (Å²) in [6.07, 6.45) is 1.22. The fourth-order valence-corrected chi connectivity index (χ4v) is 7.73. The molecular weight excluding hydrogens is 489 g/mol. The van der Waals surface area contributed by atoms with Crippen molar-refractivity contribution in [3.63, 3.8) is 0 Å². The van der Waals surface area contributed by atoms with Crippen LogP contribution in [0.2, 0.25) is 0 Å². The zero-order valence-electron chi connectivity index (χ0n) is 18.2. The number of fused-ring (bicyclic) bond motifs is 2. The number of hydrogen-bond donors (Lipinski definition) is 3. The van der Waals surface area contributed by atoms with E-state index in [0.29, 0.717) is 25.0 Å². The van der Waals surface area contributed by atoms with E-state index in [1.807, 2.05) is 0 Å². The van der Waals surface area contributed by atoms with Crippen LogP contribution in [-0.4, -0.2) is 42.0 Å². The van der Waals surface area contributed by atoms with Crippen LogP contribution >= 0.6 is 0 Å². The summed E-state index contributed by atoms with van der Waals surface area (Å²) in [5, 5.41) is 24.8. The summed E-state index contributed by atoms with van der Waals surface area (Å²) in [5.41, 5.74) is 6.71. The van der Waals surface area contributed by atoms with Gasteiger partial charge in [0.25, 0.3) is 5.91 Å². The van der Waals surface area contributed by atoms with Crippen molar-refractivity contribution in [1.82, 2.24) is 0 Å². The van der Waals surface area contributed by atoms with Gasteiger partial charge in [0.2, 0.25) is 0 Å². The molecule has 2 aromatic carbocycles. The van der Waals surface area contributed by atoms with Gasteiger partial charge in [-0.3, -0.25) is 4.79 Å². The van der Waals surface area contributed by atoms with Crippen LogP contribution in [0.5, 0.6) is 0 Å². The molecule has 2 unspecified atom stereocenters. The van der Waals surface area contributed by atoms with E-state index in [9.17, 15) is 36.6 Å². The van der Waals surface area contributed by atoms with Crippen molar-refractivity contribution in [2.24, 2.45) is 17.0 Å². The minimum Gasteiger partial charge on any atom is -0.393 e. The van der Waals surface area contributed by atoms with Gasteiger partial charge in [0.05, 0.1) is 28.0 Å². The highest BCUT2D eigenvalue weighted by molar-refractivity contribution is 7.92. The molecule has 13 heteroatoms. The highest BCUT2D eigenvalue weighted by atomic mass is 32.2. The maximum Gasteiger partial charge on any atom is 0.255 e. The number of carbonyl (C=O) groups excluding carboxylic acids is 1. The lowest BCUT2D eigenvalue weighted by atomic mass is 9.77. The predicted molar refractivity (Wildman–Crippen MR) is 118 cm³/mol. The zero-order chi connectivity index (χ0) is 25.5. The number of rotatable bonds is 6. The van der Waals surface area contributed by atoms with Crippen molar-refractivity contribution >= 4 is 27.1 Å². The molecule has 2 saturated carbocycles. The summed E-state index contributed by atoms with van der Waals surface area (Å²) in [4.78, 5) is 15.0. The third-order valence-electron chi connectivity index (χ3n) is 6.70. The molecule has 0 aromatic heterocycles. The number of nitrogens with one attached hydrogen (secondary N) is 1. The van der Waals surface area contributed by atoms with Crippen LogP contribution in [0, 0.1) is 29.3 Å². The number of hydrogen-bond acceptors (Lipinski definition) is 6. The Morgan fingerprint density at radius 2 is 1.74 bits per heavy atom. The maximum atomic E-state index is 13.7. The predicted octanol–water partition coefficient (Wildman–Crippen LogP) is 3.98. The molecule has 0 heterocycles. The number of benzene rings is 2. The number of carbonyl (C=O) groups is 1. The standard InChI is InChI=1S/C22H21F3N4O5S/c23-15-6-14(7-16(24)19(15)25)27-21(31)11-3-4-17(28-29-26)18(5-11)35(33,34)20-12-1-2-13(20)9-22(32,8-12)10-30/h3-7,12-13,20,30,32H,1-2,8-10H2,(H,27,31). The Kier molecular flexibility index (Phi) is 6.54. The van der Waals surface area contributed by atoms with E-state index in [1.54, 1.807) is 0 Å². The van der Waals surface area contributed by atoms with E-state index >= 15 is 0 Å². The van der Waals surface area contributed by atoms with Gasteiger partial charge in [-0.2, -0.15) is 0 Å². The first kappa shape index (κ1) is 25.0. The smallest absolute Gasteiger partial charge is 0.255 e. The number of sulfone groups is 1. The van der Waals surface area contributed by atoms with Crippen LogP contribution in [0.25, 0.3) is 10.4 Å². The van der Waals surface area contributed by atoms with E-state index in [-0.39, 0.29) is 29.8 Å². The van der Waals surface area contributed by atoms with E-state index in [0.717, 1.165) is 12.1 Å². The Morgan fingerprint density at radius 3 is 2.29 bits per heavy atom. The van der Waals surface area contributed by atoms with Gasteiger partial charge in [-0.1, -0.05) is 11.2 Å². The highest BCUT2D eigenvalue weighted by Crippen LogP contribution is 2.51. The SMILES string of the molecule is [N-]=[N+]=Nc1ccc(C(=O)Nc2cc(F)c(F)c(F)c2)cc1S(=O)(=O)C1C2CCC1CC(O)(CO)C2. The third kappa shape index (κ3) is 4.59. The van der Waals surface area contributed by atoms with Crippen LogP contribution in [0.4, 0.5) is 24.5 Å². The molecular formula is C22H21F3N4O5S. The van der Waals surface area contributed by atoms with Gasteiger partial charge >= 0.3 is 0 Å². The topological polar surface area (TPSA) is 152 Å². The molecule has 0 saturated heterocycles. The van der Waals surface area contributed by atoms with E-state index in [4.69, 9.17) is 5.53 Å². The van der Waals surface area contributed by atoms with Crippen molar-refractivity contribution in [1.29, 1.82) is 0 Å². The monoisotopic (exact) mass is 510 g/mol. The molecule has 9 nitrogen and oxygen atoms in total. The van der Waals surface area contributed by atoms with E-state index in [2.05, 4.69) is 15.3 Å². The molecule has 2 bridgehead atoms. The quantitative estimate of drug-likeness (QED) is 0.232. The van der Waals surface area contributed by atoms with Gasteiger partial charge < -0.3 is 15.5 Å². The Morgan fingerprint density at radius 1 is 1.14 bits per heavy atom. The minimum absolute atomic E-state index is 0.0859. The third-order valence-corrected chi connectivity index (χ3v) is 9.12. The molecule has 1 amide bonds. The Bertz CT molecular complexity index is 1310. The normalized spacial score (nSPS) is 25.7. The summed E-state index contributed by atoms with van der Waals surface area (Å²) in [5.74, 6) is -6.56. The molecule has 35 heavy (non-hydrogen) atoms. The number of anilines is 1. The van der Waals surface area contributed by atoms with Gasteiger partial charge in [-0.05, 0) is 55.2 Å². The highest BCUT2D eigenvalue weighted by Gasteiger charge is 2.54. The summed E-state index contributed by atoms with van der Waals surface area (Å²) in [6.45, 7) is -0.489. The molecule has 0 spiro atoms. The molecule has 4 rings (SSSR count). The van der Waals surface area contributed by atoms with Gasteiger partial charge in [-0.15, -0.1) is 0 Å². The Hall–Kier alpha value is -3.12. The van der Waals surface area contributed by atoms with Crippen molar-refractivity contribution in [2.45, 2.75) is 41.4 Å². The molecule has 3 N–H and O–H groups in total. The van der Waals surface area contributed by atoms with Gasteiger partial charge in [0.15, 0.2) is 27.3 Å². The number of amides is 1. The van der Waals surface area contributed by atoms with Crippen LogP contribution in [0.1, 0.15) is 36.0 Å². The molecule has 2 aromatic rings. The Labute approximate surface area is 198 Å². The fourth-order valence-electron chi connectivity index (χ4n) is 5.26. The van der Waals surface area contributed by atoms with Gasteiger partial charge in [-0.25, -0.2) is 21.6 Å². The number of aliphatic hydroxyl groups is 2. The first-order valence-electron chi connectivity index (χ1n) is 10.7. The second-order valence-electron chi connectivity index (χ2n) is 8.98. The maximum absolute atomic E-state index is 13.7. The minimum atomic E-state index is -4.16.